The van der Waals surface area contributed by atoms with Crippen LogP contribution < -0.4 is 11.1 Å². The number of nitrogens with zero attached hydrogens (tertiary/aromatic N) is 3. The second-order valence-corrected chi connectivity index (χ2v) is 4.28. The van der Waals surface area contributed by atoms with Crippen LogP contribution in [0.2, 0.25) is 0 Å². The van der Waals surface area contributed by atoms with E-state index < -0.39 is 5.97 Å². The van der Waals surface area contributed by atoms with E-state index in [1.54, 1.807) is 12.3 Å². The Labute approximate surface area is 116 Å². The number of carbonyl (C=O) groups excluding carboxylic acids is 1. The SMILES string of the molecule is COC(=O)c1cc(NCCc2nccn2C)ncc1N. The maximum atomic E-state index is 11.5. The summed E-state index contributed by atoms with van der Waals surface area (Å²) in [6.45, 7) is 0.655. The monoisotopic (exact) mass is 275 g/mol. The van der Waals surface area contributed by atoms with Crippen molar-refractivity contribution in [2.75, 3.05) is 24.7 Å². The molecule has 2 rings (SSSR count). The summed E-state index contributed by atoms with van der Waals surface area (Å²) in [4.78, 5) is 19.9. The molecule has 0 saturated heterocycles. The minimum absolute atomic E-state index is 0.298. The lowest BCUT2D eigenvalue weighted by Crippen LogP contribution is -2.12. The maximum Gasteiger partial charge on any atom is 0.340 e. The van der Waals surface area contributed by atoms with Gasteiger partial charge >= 0.3 is 5.97 Å². The number of pyridine rings is 1. The van der Waals surface area contributed by atoms with Gasteiger partial charge in [-0.3, -0.25) is 0 Å². The molecule has 0 spiro atoms. The van der Waals surface area contributed by atoms with Gasteiger partial charge in [0, 0.05) is 32.4 Å². The van der Waals surface area contributed by atoms with Crippen molar-refractivity contribution >= 4 is 17.5 Å². The van der Waals surface area contributed by atoms with Gasteiger partial charge in [0.15, 0.2) is 0 Å². The fraction of sp³-hybridized carbons (Fsp3) is 0.308. The first-order valence-electron chi connectivity index (χ1n) is 6.15. The Bertz CT molecular complexity index is 609. The summed E-state index contributed by atoms with van der Waals surface area (Å²) in [6, 6.07) is 1.58. The number of carbonyl (C=O) groups is 1. The summed E-state index contributed by atoms with van der Waals surface area (Å²) in [5.41, 5.74) is 6.29. The van der Waals surface area contributed by atoms with Crippen LogP contribution in [-0.4, -0.2) is 34.2 Å². The number of imidazole rings is 1. The highest BCUT2D eigenvalue weighted by Crippen LogP contribution is 2.15. The fourth-order valence-electron chi connectivity index (χ4n) is 1.79. The molecule has 0 radical (unpaired) electrons. The van der Waals surface area contributed by atoms with Crippen LogP contribution in [0, 0.1) is 0 Å². The molecule has 0 aromatic carbocycles. The van der Waals surface area contributed by atoms with Crippen molar-refractivity contribution in [3.8, 4) is 0 Å². The van der Waals surface area contributed by atoms with E-state index in [4.69, 9.17) is 5.73 Å². The van der Waals surface area contributed by atoms with Gasteiger partial charge in [-0.1, -0.05) is 0 Å². The van der Waals surface area contributed by atoms with E-state index in [0.29, 0.717) is 23.6 Å². The smallest absolute Gasteiger partial charge is 0.340 e. The number of nitrogen functional groups attached to an aromatic ring is 1. The lowest BCUT2D eigenvalue weighted by atomic mass is 10.2. The zero-order valence-corrected chi connectivity index (χ0v) is 11.5. The highest BCUT2D eigenvalue weighted by Gasteiger charge is 2.11. The van der Waals surface area contributed by atoms with Gasteiger partial charge in [0.1, 0.15) is 11.6 Å². The molecule has 2 aromatic heterocycles. The normalized spacial score (nSPS) is 10.3. The summed E-state index contributed by atoms with van der Waals surface area (Å²) in [5.74, 6) is 1.08. The quantitative estimate of drug-likeness (QED) is 0.785. The maximum absolute atomic E-state index is 11.5. The molecule has 0 atom stereocenters. The average molecular weight is 275 g/mol. The van der Waals surface area contributed by atoms with Crippen LogP contribution in [0.5, 0.6) is 0 Å². The Kier molecular flexibility index (Phi) is 4.19. The molecule has 20 heavy (non-hydrogen) atoms. The lowest BCUT2D eigenvalue weighted by molar-refractivity contribution is 0.0602. The number of anilines is 2. The number of nitrogens with one attached hydrogen (secondary N) is 1. The van der Waals surface area contributed by atoms with E-state index in [9.17, 15) is 4.79 Å². The van der Waals surface area contributed by atoms with Gasteiger partial charge in [0.2, 0.25) is 0 Å². The number of esters is 1. The largest absolute Gasteiger partial charge is 0.465 e. The first-order chi connectivity index (χ1) is 9.61. The summed E-state index contributed by atoms with van der Waals surface area (Å²) in [7, 11) is 3.26. The van der Waals surface area contributed by atoms with Gasteiger partial charge in [-0.2, -0.15) is 0 Å². The van der Waals surface area contributed by atoms with Crippen molar-refractivity contribution in [1.82, 2.24) is 14.5 Å². The highest BCUT2D eigenvalue weighted by atomic mass is 16.5. The molecule has 3 N–H and O–H groups in total. The van der Waals surface area contributed by atoms with Crippen LogP contribution in [0.15, 0.2) is 24.7 Å². The van der Waals surface area contributed by atoms with Crippen LogP contribution in [0.3, 0.4) is 0 Å². The minimum atomic E-state index is -0.475. The lowest BCUT2D eigenvalue weighted by Gasteiger charge is -2.08. The molecule has 0 fully saturated rings. The predicted molar refractivity (Wildman–Crippen MR) is 75.4 cm³/mol. The summed E-state index contributed by atoms with van der Waals surface area (Å²) >= 11 is 0. The molecule has 7 heteroatoms. The Morgan fingerprint density at radius 2 is 2.30 bits per heavy atom. The van der Waals surface area contributed by atoms with Crippen molar-refractivity contribution < 1.29 is 9.53 Å². The molecule has 106 valence electrons. The second kappa shape index (κ2) is 6.05. The van der Waals surface area contributed by atoms with Gasteiger partial charge in [-0.25, -0.2) is 14.8 Å². The standard InChI is InChI=1S/C13H17N5O2/c1-18-6-5-16-12(18)3-4-15-11-7-9(13(19)20-2)10(14)8-17-11/h5-8H,3-4,14H2,1-2H3,(H,15,17). The summed E-state index contributed by atoms with van der Waals surface area (Å²) < 4.78 is 6.62. The molecule has 2 aromatic rings. The second-order valence-electron chi connectivity index (χ2n) is 4.28. The van der Waals surface area contributed by atoms with Crippen molar-refractivity contribution in [3.63, 3.8) is 0 Å². The molecule has 7 nitrogen and oxygen atoms in total. The number of hydrogen-bond acceptors (Lipinski definition) is 6. The van der Waals surface area contributed by atoms with E-state index >= 15 is 0 Å². The summed E-state index contributed by atoms with van der Waals surface area (Å²) in [5, 5.41) is 3.13. The molecule has 0 amide bonds. The van der Waals surface area contributed by atoms with Crippen LogP contribution >= 0.6 is 0 Å². The number of nitrogens with two attached hydrogens (primary N) is 1. The van der Waals surface area contributed by atoms with Crippen LogP contribution in [-0.2, 0) is 18.2 Å². The number of aryl methyl sites for hydroxylation is 1. The molecule has 0 unspecified atom stereocenters. The molecule has 0 bridgehead atoms. The first-order valence-corrected chi connectivity index (χ1v) is 6.15. The first kappa shape index (κ1) is 13.9. The predicted octanol–water partition coefficient (Wildman–Crippen LogP) is 0.838. The van der Waals surface area contributed by atoms with Gasteiger partial charge in [-0.15, -0.1) is 0 Å². The van der Waals surface area contributed by atoms with Crippen LogP contribution in [0.1, 0.15) is 16.2 Å². The molecule has 0 aliphatic rings. The van der Waals surface area contributed by atoms with E-state index in [1.165, 1.54) is 13.3 Å². The van der Waals surface area contributed by atoms with Crippen molar-refractivity contribution in [2.24, 2.45) is 7.05 Å². The molecular weight excluding hydrogens is 258 g/mol. The highest BCUT2D eigenvalue weighted by molar-refractivity contribution is 5.95. The van der Waals surface area contributed by atoms with E-state index in [0.717, 1.165) is 12.2 Å². The minimum Gasteiger partial charge on any atom is -0.465 e. The third-order valence-corrected chi connectivity index (χ3v) is 2.92. The fourth-order valence-corrected chi connectivity index (χ4v) is 1.79. The third kappa shape index (κ3) is 3.05. The van der Waals surface area contributed by atoms with Crippen molar-refractivity contribution in [1.29, 1.82) is 0 Å². The third-order valence-electron chi connectivity index (χ3n) is 2.92. The van der Waals surface area contributed by atoms with Gasteiger partial charge in [0.25, 0.3) is 0 Å². The summed E-state index contributed by atoms with van der Waals surface area (Å²) in [6.07, 6.45) is 5.84. The van der Waals surface area contributed by atoms with E-state index in [1.807, 2.05) is 17.8 Å². The Morgan fingerprint density at radius 1 is 1.50 bits per heavy atom. The van der Waals surface area contributed by atoms with Gasteiger partial charge < -0.3 is 20.4 Å². The zero-order valence-electron chi connectivity index (χ0n) is 11.5. The van der Waals surface area contributed by atoms with Crippen LogP contribution in [0.4, 0.5) is 11.5 Å². The average Bonchev–Trinajstić information content (AvgIpc) is 2.85. The molecule has 0 saturated carbocycles. The van der Waals surface area contributed by atoms with Crippen molar-refractivity contribution in [3.05, 3.63) is 36.0 Å². The number of aromatic nitrogens is 3. The van der Waals surface area contributed by atoms with Crippen molar-refractivity contribution in [2.45, 2.75) is 6.42 Å². The zero-order chi connectivity index (χ0) is 14.5. The Balaban J connectivity index is 2.00. The van der Waals surface area contributed by atoms with Crippen LogP contribution in [0.25, 0.3) is 0 Å². The van der Waals surface area contributed by atoms with E-state index in [2.05, 4.69) is 20.0 Å². The van der Waals surface area contributed by atoms with Gasteiger partial charge in [0.05, 0.1) is 24.6 Å². The Morgan fingerprint density at radius 3 is 2.95 bits per heavy atom. The number of ether oxygens (including phenoxy) is 1. The number of methoxy groups -OCH3 is 1. The molecule has 2 heterocycles. The molecule has 0 aliphatic heterocycles. The van der Waals surface area contributed by atoms with E-state index in [-0.39, 0.29) is 0 Å². The number of hydrogen-bond donors (Lipinski definition) is 2. The topological polar surface area (TPSA) is 95.1 Å². The van der Waals surface area contributed by atoms with Gasteiger partial charge in [-0.05, 0) is 6.07 Å². The Hall–Kier alpha value is -2.57. The number of rotatable bonds is 5. The molecule has 0 aliphatic carbocycles. The molecular formula is C13H17N5O2.